The van der Waals surface area contributed by atoms with Crippen LogP contribution in [0.3, 0.4) is 0 Å². The van der Waals surface area contributed by atoms with Gasteiger partial charge in [-0.3, -0.25) is 4.79 Å². The summed E-state index contributed by atoms with van der Waals surface area (Å²) in [6.07, 6.45) is 1.24. The molecule has 0 spiro atoms. The molecule has 1 amide bonds. The molecule has 126 valence electrons. The van der Waals surface area contributed by atoms with Gasteiger partial charge in [-0.2, -0.15) is 0 Å². The number of nitrogens with one attached hydrogen (secondary N) is 1. The lowest BCUT2D eigenvalue weighted by Gasteiger charge is -2.20. The lowest BCUT2D eigenvalue weighted by atomic mass is 9.98. The summed E-state index contributed by atoms with van der Waals surface area (Å²) in [7, 11) is 0. The number of hydrogen-bond acceptors (Lipinski definition) is 1. The van der Waals surface area contributed by atoms with Crippen LogP contribution in [0.25, 0.3) is 0 Å². The summed E-state index contributed by atoms with van der Waals surface area (Å²) in [6.45, 7) is 2.07. The van der Waals surface area contributed by atoms with E-state index >= 15 is 0 Å². The van der Waals surface area contributed by atoms with Crippen LogP contribution in [0.15, 0.2) is 84.9 Å². The molecule has 0 aromatic heterocycles. The second-order valence-electron chi connectivity index (χ2n) is 6.31. The molecule has 0 aliphatic heterocycles. The monoisotopic (exact) mass is 329 g/mol. The van der Waals surface area contributed by atoms with Gasteiger partial charge in [0.25, 0.3) is 0 Å². The van der Waals surface area contributed by atoms with Gasteiger partial charge in [-0.25, -0.2) is 0 Å². The van der Waals surface area contributed by atoms with E-state index in [9.17, 15) is 4.79 Å². The fraction of sp³-hybridized carbons (Fsp3) is 0.174. The molecule has 0 saturated heterocycles. The van der Waals surface area contributed by atoms with E-state index in [2.05, 4.69) is 54.7 Å². The van der Waals surface area contributed by atoms with Gasteiger partial charge in [0.05, 0.1) is 6.04 Å². The van der Waals surface area contributed by atoms with E-state index in [1.54, 1.807) is 0 Å². The van der Waals surface area contributed by atoms with Crippen molar-refractivity contribution in [3.63, 3.8) is 0 Å². The van der Waals surface area contributed by atoms with Crippen LogP contribution in [0, 0.1) is 6.92 Å². The SMILES string of the molecule is Cc1cccc(CCC(=O)NC(c2ccccc2)c2ccccc2)c1. The molecule has 0 fully saturated rings. The second kappa shape index (κ2) is 8.29. The summed E-state index contributed by atoms with van der Waals surface area (Å²) < 4.78 is 0. The minimum Gasteiger partial charge on any atom is -0.345 e. The molecule has 1 N–H and O–H groups in total. The van der Waals surface area contributed by atoms with Gasteiger partial charge in [0.2, 0.25) is 5.91 Å². The lowest BCUT2D eigenvalue weighted by Crippen LogP contribution is -2.29. The summed E-state index contributed by atoms with van der Waals surface area (Å²) in [5, 5.41) is 3.20. The zero-order valence-corrected chi connectivity index (χ0v) is 14.5. The van der Waals surface area contributed by atoms with Gasteiger partial charge in [-0.1, -0.05) is 90.5 Å². The normalized spacial score (nSPS) is 10.6. The summed E-state index contributed by atoms with van der Waals surface area (Å²) >= 11 is 0. The van der Waals surface area contributed by atoms with E-state index in [4.69, 9.17) is 0 Å². The molecule has 0 bridgehead atoms. The average Bonchev–Trinajstić information content (AvgIpc) is 2.66. The fourth-order valence-electron chi connectivity index (χ4n) is 3.01. The Hall–Kier alpha value is -2.87. The molecule has 0 saturated carbocycles. The Balaban J connectivity index is 1.71. The third kappa shape index (κ3) is 4.80. The van der Waals surface area contributed by atoms with Crippen molar-refractivity contribution >= 4 is 5.91 Å². The predicted molar refractivity (Wildman–Crippen MR) is 102 cm³/mol. The second-order valence-corrected chi connectivity index (χ2v) is 6.31. The largest absolute Gasteiger partial charge is 0.345 e. The van der Waals surface area contributed by atoms with Crippen LogP contribution in [0.5, 0.6) is 0 Å². The quantitative estimate of drug-likeness (QED) is 0.689. The zero-order chi connectivity index (χ0) is 17.5. The Morgan fingerprint density at radius 3 is 2.00 bits per heavy atom. The molecule has 25 heavy (non-hydrogen) atoms. The van der Waals surface area contributed by atoms with Gasteiger partial charge in [0.1, 0.15) is 0 Å². The number of benzene rings is 3. The van der Waals surface area contributed by atoms with Crippen LogP contribution in [0.4, 0.5) is 0 Å². The summed E-state index contributed by atoms with van der Waals surface area (Å²) in [5.74, 6) is 0.0687. The zero-order valence-electron chi connectivity index (χ0n) is 14.5. The van der Waals surface area contributed by atoms with Crippen molar-refractivity contribution in [2.45, 2.75) is 25.8 Å². The molecule has 0 unspecified atom stereocenters. The van der Waals surface area contributed by atoms with Crippen LogP contribution in [-0.4, -0.2) is 5.91 Å². The Morgan fingerprint density at radius 2 is 1.44 bits per heavy atom. The highest BCUT2D eigenvalue weighted by Gasteiger charge is 2.16. The molecule has 3 aromatic carbocycles. The Kier molecular flexibility index (Phi) is 5.63. The molecule has 3 aromatic rings. The van der Waals surface area contributed by atoms with Gasteiger partial charge >= 0.3 is 0 Å². The van der Waals surface area contributed by atoms with E-state index < -0.39 is 0 Å². The summed E-state index contributed by atoms with van der Waals surface area (Å²) in [5.41, 5.74) is 4.62. The number of carbonyl (C=O) groups is 1. The van der Waals surface area contributed by atoms with Crippen LogP contribution in [-0.2, 0) is 11.2 Å². The molecular formula is C23H23NO. The first-order chi connectivity index (χ1) is 12.2. The van der Waals surface area contributed by atoms with Crippen LogP contribution < -0.4 is 5.32 Å². The Morgan fingerprint density at radius 1 is 0.840 bits per heavy atom. The first-order valence-corrected chi connectivity index (χ1v) is 8.67. The first kappa shape index (κ1) is 17.0. The molecule has 2 heteroatoms. The maximum absolute atomic E-state index is 12.5. The van der Waals surface area contributed by atoms with Crippen LogP contribution in [0.1, 0.15) is 34.7 Å². The maximum atomic E-state index is 12.5. The minimum atomic E-state index is -0.118. The van der Waals surface area contributed by atoms with Crippen molar-refractivity contribution in [3.05, 3.63) is 107 Å². The van der Waals surface area contributed by atoms with Crippen molar-refractivity contribution in [2.24, 2.45) is 0 Å². The van der Waals surface area contributed by atoms with Crippen LogP contribution >= 0.6 is 0 Å². The minimum absolute atomic E-state index is 0.0687. The highest BCUT2D eigenvalue weighted by Crippen LogP contribution is 2.22. The van der Waals surface area contributed by atoms with E-state index in [-0.39, 0.29) is 11.9 Å². The number of rotatable bonds is 6. The summed E-state index contributed by atoms with van der Waals surface area (Å²) in [4.78, 5) is 12.5. The van der Waals surface area contributed by atoms with Gasteiger partial charge in [0.15, 0.2) is 0 Å². The number of amides is 1. The number of aryl methyl sites for hydroxylation is 2. The van der Waals surface area contributed by atoms with Crippen molar-refractivity contribution in [2.75, 3.05) is 0 Å². The highest BCUT2D eigenvalue weighted by molar-refractivity contribution is 5.77. The van der Waals surface area contributed by atoms with Crippen LogP contribution in [0.2, 0.25) is 0 Å². The molecule has 0 aliphatic carbocycles. The van der Waals surface area contributed by atoms with E-state index in [1.165, 1.54) is 11.1 Å². The molecule has 3 rings (SSSR count). The smallest absolute Gasteiger partial charge is 0.221 e. The number of hydrogen-bond donors (Lipinski definition) is 1. The third-order valence-corrected chi connectivity index (χ3v) is 4.29. The average molecular weight is 329 g/mol. The van der Waals surface area contributed by atoms with Gasteiger partial charge in [-0.05, 0) is 30.0 Å². The molecule has 0 radical (unpaired) electrons. The molecule has 0 aliphatic rings. The van der Waals surface area contributed by atoms with E-state index in [0.29, 0.717) is 6.42 Å². The van der Waals surface area contributed by atoms with Crippen molar-refractivity contribution in [1.82, 2.24) is 5.32 Å². The van der Waals surface area contributed by atoms with E-state index in [0.717, 1.165) is 17.5 Å². The van der Waals surface area contributed by atoms with Gasteiger partial charge < -0.3 is 5.32 Å². The van der Waals surface area contributed by atoms with Crippen molar-refractivity contribution in [3.8, 4) is 0 Å². The predicted octanol–water partition coefficient (Wildman–Crippen LogP) is 4.83. The van der Waals surface area contributed by atoms with Crippen molar-refractivity contribution < 1.29 is 4.79 Å². The standard InChI is InChI=1S/C23H23NO/c1-18-9-8-10-19(17-18)15-16-22(25)24-23(20-11-4-2-5-12-20)21-13-6-3-7-14-21/h2-14,17,23H,15-16H2,1H3,(H,24,25). The van der Waals surface area contributed by atoms with E-state index in [1.807, 2.05) is 42.5 Å². The maximum Gasteiger partial charge on any atom is 0.221 e. The summed E-state index contributed by atoms with van der Waals surface area (Å²) in [6, 6.07) is 28.4. The molecular weight excluding hydrogens is 306 g/mol. The number of carbonyl (C=O) groups excluding carboxylic acids is 1. The van der Waals surface area contributed by atoms with Gasteiger partial charge in [0, 0.05) is 6.42 Å². The molecule has 0 atom stereocenters. The lowest BCUT2D eigenvalue weighted by molar-refractivity contribution is -0.121. The Bertz CT molecular complexity index is 772. The van der Waals surface area contributed by atoms with Gasteiger partial charge in [-0.15, -0.1) is 0 Å². The van der Waals surface area contributed by atoms with Crippen molar-refractivity contribution in [1.29, 1.82) is 0 Å². The fourth-order valence-corrected chi connectivity index (χ4v) is 3.01. The highest BCUT2D eigenvalue weighted by atomic mass is 16.1. The molecule has 0 heterocycles. The molecule has 2 nitrogen and oxygen atoms in total. The Labute approximate surface area is 149 Å². The third-order valence-electron chi connectivity index (χ3n) is 4.29. The first-order valence-electron chi connectivity index (χ1n) is 8.67. The topological polar surface area (TPSA) is 29.1 Å².